The van der Waals surface area contributed by atoms with Gasteiger partial charge in [-0.15, -0.1) is 0 Å². The molecule has 1 fully saturated rings. The van der Waals surface area contributed by atoms with Crippen LogP contribution in [0.25, 0.3) is 0 Å². The average molecular weight is 275 g/mol. The van der Waals surface area contributed by atoms with E-state index in [0.29, 0.717) is 18.6 Å². The highest BCUT2D eigenvalue weighted by molar-refractivity contribution is 7.99. The summed E-state index contributed by atoms with van der Waals surface area (Å²) in [7, 11) is 0. The maximum absolute atomic E-state index is 10.8. The number of amides is 1. The number of carbonyl (C=O) groups is 2. The number of aliphatic hydroxyl groups is 1. The molecule has 0 aromatic rings. The Bertz CT molecular complexity index is 275. The zero-order valence-corrected chi connectivity index (χ0v) is 11.2. The molecule has 0 aromatic carbocycles. The lowest BCUT2D eigenvalue weighted by atomic mass is 10.1. The zero-order chi connectivity index (χ0) is 13.4. The van der Waals surface area contributed by atoms with E-state index in [1.54, 1.807) is 11.8 Å². The second kappa shape index (κ2) is 8.37. The summed E-state index contributed by atoms with van der Waals surface area (Å²) in [6.07, 6.45) is 5.73. The van der Waals surface area contributed by atoms with Crippen molar-refractivity contribution < 1.29 is 19.8 Å². The Morgan fingerprint density at radius 3 is 2.78 bits per heavy atom. The van der Waals surface area contributed by atoms with Crippen molar-refractivity contribution in [2.75, 3.05) is 5.75 Å². The summed E-state index contributed by atoms with van der Waals surface area (Å²) in [5.41, 5.74) is 0. The zero-order valence-electron chi connectivity index (χ0n) is 10.4. The second-order valence-electron chi connectivity index (χ2n) is 4.58. The molecule has 5 nitrogen and oxygen atoms in total. The summed E-state index contributed by atoms with van der Waals surface area (Å²) >= 11 is 1.62. The first kappa shape index (κ1) is 15.3. The van der Waals surface area contributed by atoms with Gasteiger partial charge in [0, 0.05) is 5.25 Å². The van der Waals surface area contributed by atoms with Gasteiger partial charge < -0.3 is 15.5 Å². The van der Waals surface area contributed by atoms with E-state index in [4.69, 9.17) is 5.11 Å². The van der Waals surface area contributed by atoms with Crippen LogP contribution in [-0.2, 0) is 9.59 Å². The summed E-state index contributed by atoms with van der Waals surface area (Å²) < 4.78 is 0. The lowest BCUT2D eigenvalue weighted by Crippen LogP contribution is -2.36. The second-order valence-corrected chi connectivity index (χ2v) is 5.93. The van der Waals surface area contributed by atoms with Crippen molar-refractivity contribution in [1.82, 2.24) is 5.32 Å². The van der Waals surface area contributed by atoms with Crippen LogP contribution in [0.4, 0.5) is 0 Å². The van der Waals surface area contributed by atoms with Gasteiger partial charge in [0.1, 0.15) is 6.04 Å². The van der Waals surface area contributed by atoms with E-state index < -0.39 is 12.0 Å². The third-order valence-electron chi connectivity index (χ3n) is 3.22. The summed E-state index contributed by atoms with van der Waals surface area (Å²) in [6, 6.07) is -0.821. The van der Waals surface area contributed by atoms with Crippen molar-refractivity contribution in [3.8, 4) is 0 Å². The Morgan fingerprint density at radius 2 is 2.11 bits per heavy atom. The minimum Gasteiger partial charge on any atom is -0.480 e. The van der Waals surface area contributed by atoms with Crippen LogP contribution in [0.1, 0.15) is 38.5 Å². The topological polar surface area (TPSA) is 86.6 Å². The number of hydrogen-bond acceptors (Lipinski definition) is 4. The predicted molar refractivity (Wildman–Crippen MR) is 70.6 cm³/mol. The number of nitrogens with one attached hydrogen (secondary N) is 1. The van der Waals surface area contributed by atoms with Crippen LogP contribution in [0.5, 0.6) is 0 Å². The van der Waals surface area contributed by atoms with Crippen molar-refractivity contribution in [1.29, 1.82) is 0 Å². The van der Waals surface area contributed by atoms with E-state index >= 15 is 0 Å². The predicted octanol–water partition coefficient (Wildman–Crippen LogP) is 1.00. The molecule has 1 aliphatic rings. The fourth-order valence-corrected chi connectivity index (χ4v) is 3.51. The molecule has 0 saturated heterocycles. The van der Waals surface area contributed by atoms with Crippen molar-refractivity contribution in [2.45, 2.75) is 55.9 Å². The van der Waals surface area contributed by atoms with Crippen molar-refractivity contribution >= 4 is 24.1 Å². The monoisotopic (exact) mass is 275 g/mol. The number of aliphatic hydroxyl groups excluding tert-OH is 1. The number of carboxylic acids is 1. The Labute approximate surface area is 111 Å². The van der Waals surface area contributed by atoms with Gasteiger partial charge in [-0.25, -0.2) is 4.79 Å². The van der Waals surface area contributed by atoms with Gasteiger partial charge in [-0.3, -0.25) is 4.79 Å². The SMILES string of the molecule is O=CNC(CCSC1CCCCCC1O)C(=O)O. The van der Waals surface area contributed by atoms with Gasteiger partial charge in [0.15, 0.2) is 0 Å². The van der Waals surface area contributed by atoms with Gasteiger partial charge in [0.2, 0.25) is 6.41 Å². The van der Waals surface area contributed by atoms with Crippen LogP contribution in [0.3, 0.4) is 0 Å². The molecule has 3 atom stereocenters. The van der Waals surface area contributed by atoms with Crippen LogP contribution < -0.4 is 5.32 Å². The molecule has 1 saturated carbocycles. The molecule has 1 rings (SSSR count). The molecule has 0 aromatic heterocycles. The van der Waals surface area contributed by atoms with Crippen LogP contribution in [0.2, 0.25) is 0 Å². The molecule has 6 heteroatoms. The summed E-state index contributed by atoms with van der Waals surface area (Å²) in [5, 5.41) is 21.3. The van der Waals surface area contributed by atoms with Crippen molar-refractivity contribution in [2.24, 2.45) is 0 Å². The van der Waals surface area contributed by atoms with E-state index in [0.717, 1.165) is 25.7 Å². The van der Waals surface area contributed by atoms with Gasteiger partial charge in [0.25, 0.3) is 0 Å². The molecule has 3 N–H and O–H groups in total. The van der Waals surface area contributed by atoms with E-state index in [1.165, 1.54) is 6.42 Å². The highest BCUT2D eigenvalue weighted by Gasteiger charge is 2.23. The van der Waals surface area contributed by atoms with Crippen LogP contribution in [-0.4, -0.2) is 45.7 Å². The molecule has 18 heavy (non-hydrogen) atoms. The molecule has 1 aliphatic carbocycles. The van der Waals surface area contributed by atoms with E-state index in [1.807, 2.05) is 0 Å². The molecule has 0 radical (unpaired) electrons. The largest absolute Gasteiger partial charge is 0.480 e. The van der Waals surface area contributed by atoms with Gasteiger partial charge in [-0.1, -0.05) is 19.3 Å². The van der Waals surface area contributed by atoms with Gasteiger partial charge >= 0.3 is 5.97 Å². The lowest BCUT2D eigenvalue weighted by Gasteiger charge is -2.20. The molecule has 0 bridgehead atoms. The minimum atomic E-state index is -1.01. The average Bonchev–Trinajstić information content (AvgIpc) is 2.53. The summed E-state index contributed by atoms with van der Waals surface area (Å²) in [5.74, 6) is -0.372. The van der Waals surface area contributed by atoms with E-state index in [-0.39, 0.29) is 11.4 Å². The Balaban J connectivity index is 2.30. The highest BCUT2D eigenvalue weighted by atomic mass is 32.2. The summed E-state index contributed by atoms with van der Waals surface area (Å²) in [4.78, 5) is 21.1. The maximum Gasteiger partial charge on any atom is 0.326 e. The Kier molecular flexibility index (Phi) is 7.12. The smallest absolute Gasteiger partial charge is 0.326 e. The first-order valence-corrected chi connectivity index (χ1v) is 7.42. The quantitative estimate of drug-likeness (QED) is 0.477. The van der Waals surface area contributed by atoms with Gasteiger partial charge in [0.05, 0.1) is 6.10 Å². The lowest BCUT2D eigenvalue weighted by molar-refractivity contribution is -0.140. The number of hydrogen-bond donors (Lipinski definition) is 3. The van der Waals surface area contributed by atoms with E-state index in [2.05, 4.69) is 5.32 Å². The highest BCUT2D eigenvalue weighted by Crippen LogP contribution is 2.28. The Hall–Kier alpha value is -0.750. The van der Waals surface area contributed by atoms with Gasteiger partial charge in [-0.05, 0) is 25.0 Å². The normalized spacial score (nSPS) is 26.1. The van der Waals surface area contributed by atoms with Crippen LogP contribution in [0, 0.1) is 0 Å². The van der Waals surface area contributed by atoms with Gasteiger partial charge in [-0.2, -0.15) is 11.8 Å². The molecular formula is C12H21NO4S. The van der Waals surface area contributed by atoms with Crippen LogP contribution >= 0.6 is 11.8 Å². The molecule has 0 heterocycles. The first-order chi connectivity index (χ1) is 8.65. The number of rotatable bonds is 7. The first-order valence-electron chi connectivity index (χ1n) is 6.37. The molecule has 104 valence electrons. The molecule has 3 unspecified atom stereocenters. The summed E-state index contributed by atoms with van der Waals surface area (Å²) in [6.45, 7) is 0. The van der Waals surface area contributed by atoms with Crippen molar-refractivity contribution in [3.63, 3.8) is 0 Å². The maximum atomic E-state index is 10.8. The van der Waals surface area contributed by atoms with Crippen LogP contribution in [0.15, 0.2) is 0 Å². The third-order valence-corrected chi connectivity index (χ3v) is 4.67. The number of carboxylic acid groups (broad SMARTS) is 1. The number of aliphatic carboxylic acids is 1. The van der Waals surface area contributed by atoms with E-state index in [9.17, 15) is 14.7 Å². The fourth-order valence-electron chi connectivity index (χ4n) is 2.15. The standard InChI is InChI=1S/C12H21NO4S/c14-8-13-9(12(16)17)6-7-18-11-5-3-1-2-4-10(11)15/h8-11,15H,1-7H2,(H,13,14)(H,16,17). The fraction of sp³-hybridized carbons (Fsp3) is 0.833. The molecule has 0 aliphatic heterocycles. The Morgan fingerprint density at radius 1 is 1.39 bits per heavy atom. The molecular weight excluding hydrogens is 254 g/mol. The third kappa shape index (κ3) is 5.27. The number of carbonyl (C=O) groups excluding carboxylic acids is 1. The molecule has 0 spiro atoms. The minimum absolute atomic E-state index is 0.207. The number of thioether (sulfide) groups is 1. The van der Waals surface area contributed by atoms with Crippen molar-refractivity contribution in [3.05, 3.63) is 0 Å². The molecule has 1 amide bonds.